The van der Waals surface area contributed by atoms with Crippen molar-refractivity contribution in [3.05, 3.63) is 62.9 Å². The van der Waals surface area contributed by atoms with E-state index in [1.165, 1.54) is 11.8 Å². The number of hydrogen-bond donors (Lipinski definition) is 0. The molecule has 4 rings (SSSR count). The first kappa shape index (κ1) is 20.0. The van der Waals surface area contributed by atoms with Crippen LogP contribution in [0.2, 0.25) is 5.02 Å². The molecule has 1 fully saturated rings. The molecule has 0 aliphatic carbocycles. The van der Waals surface area contributed by atoms with Gasteiger partial charge in [0.05, 0.1) is 22.3 Å². The minimum Gasteiger partial charge on any atom is -0.342 e. The van der Waals surface area contributed by atoms with Crippen LogP contribution in [0.4, 0.5) is 0 Å². The highest BCUT2D eigenvalue weighted by atomic mass is 35.5. The number of aromatic nitrogens is 2. The molecule has 2 aromatic carbocycles. The molecule has 0 spiro atoms. The Balaban J connectivity index is 1.83. The van der Waals surface area contributed by atoms with Crippen molar-refractivity contribution >= 4 is 40.2 Å². The Morgan fingerprint density at radius 1 is 1.17 bits per heavy atom. The van der Waals surface area contributed by atoms with Crippen LogP contribution in [0, 0.1) is 13.8 Å². The van der Waals surface area contributed by atoms with Crippen LogP contribution in [-0.2, 0) is 4.79 Å². The molecular formula is C22H22ClN3O2S. The molecule has 2 heterocycles. The van der Waals surface area contributed by atoms with E-state index in [0.717, 1.165) is 42.7 Å². The number of fused-ring (bicyclic) bond motifs is 1. The van der Waals surface area contributed by atoms with Gasteiger partial charge in [0.15, 0.2) is 5.16 Å². The second-order valence-electron chi connectivity index (χ2n) is 7.29. The summed E-state index contributed by atoms with van der Waals surface area (Å²) in [5, 5.41) is 1.54. The van der Waals surface area contributed by atoms with E-state index in [1.807, 2.05) is 36.9 Å². The molecule has 0 atom stereocenters. The highest BCUT2D eigenvalue weighted by Gasteiger charge is 2.21. The fourth-order valence-corrected chi connectivity index (χ4v) is 4.68. The summed E-state index contributed by atoms with van der Waals surface area (Å²) in [5.74, 6) is 0.337. The molecule has 0 radical (unpaired) electrons. The summed E-state index contributed by atoms with van der Waals surface area (Å²) in [7, 11) is 0. The van der Waals surface area contributed by atoms with Crippen LogP contribution < -0.4 is 5.56 Å². The first-order valence-electron chi connectivity index (χ1n) is 9.65. The van der Waals surface area contributed by atoms with Gasteiger partial charge in [-0.2, -0.15) is 0 Å². The van der Waals surface area contributed by atoms with Gasteiger partial charge in [0.25, 0.3) is 5.56 Å². The van der Waals surface area contributed by atoms with Crippen molar-refractivity contribution < 1.29 is 4.79 Å². The van der Waals surface area contributed by atoms with Crippen LogP contribution in [0.15, 0.2) is 46.3 Å². The third kappa shape index (κ3) is 3.91. The number of nitrogens with zero attached hydrogens (tertiary/aromatic N) is 3. The van der Waals surface area contributed by atoms with Crippen LogP contribution in [0.3, 0.4) is 0 Å². The molecule has 150 valence electrons. The van der Waals surface area contributed by atoms with Gasteiger partial charge in [-0.15, -0.1) is 0 Å². The van der Waals surface area contributed by atoms with E-state index in [2.05, 4.69) is 0 Å². The molecule has 1 aliphatic rings. The fourth-order valence-electron chi connectivity index (χ4n) is 3.61. The molecule has 0 bridgehead atoms. The Kier molecular flexibility index (Phi) is 5.65. The molecular weight excluding hydrogens is 406 g/mol. The predicted molar refractivity (Wildman–Crippen MR) is 118 cm³/mol. The van der Waals surface area contributed by atoms with Gasteiger partial charge in [0, 0.05) is 18.1 Å². The molecule has 5 nitrogen and oxygen atoms in total. The van der Waals surface area contributed by atoms with E-state index in [0.29, 0.717) is 21.1 Å². The van der Waals surface area contributed by atoms with E-state index in [9.17, 15) is 9.59 Å². The summed E-state index contributed by atoms with van der Waals surface area (Å²) < 4.78 is 1.63. The number of aryl methyl sites for hydroxylation is 1. The van der Waals surface area contributed by atoms with Crippen molar-refractivity contribution in [3.63, 3.8) is 0 Å². The number of likely N-dealkylation sites (tertiary alicyclic amines) is 1. The van der Waals surface area contributed by atoms with Crippen molar-refractivity contribution in [2.45, 2.75) is 31.8 Å². The van der Waals surface area contributed by atoms with Gasteiger partial charge in [-0.3, -0.25) is 14.2 Å². The number of rotatable bonds is 4. The normalized spacial score (nSPS) is 14.0. The molecule has 0 N–H and O–H groups in total. The average Bonchev–Trinajstić information content (AvgIpc) is 3.23. The minimum absolute atomic E-state index is 0.0838. The lowest BCUT2D eigenvalue weighted by atomic mass is 10.1. The van der Waals surface area contributed by atoms with Crippen molar-refractivity contribution in [2.24, 2.45) is 0 Å². The predicted octanol–water partition coefficient (Wildman–Crippen LogP) is 4.37. The summed E-state index contributed by atoms with van der Waals surface area (Å²) in [6.07, 6.45) is 2.10. The Labute approximate surface area is 178 Å². The largest absolute Gasteiger partial charge is 0.342 e. The number of halogens is 1. The molecule has 1 aromatic heterocycles. The van der Waals surface area contributed by atoms with E-state index in [-0.39, 0.29) is 17.2 Å². The maximum Gasteiger partial charge on any atom is 0.266 e. The average molecular weight is 428 g/mol. The lowest BCUT2D eigenvalue weighted by molar-refractivity contribution is -0.127. The number of hydrogen-bond acceptors (Lipinski definition) is 4. The number of carbonyl (C=O) groups is 1. The molecule has 1 aliphatic heterocycles. The zero-order chi connectivity index (χ0) is 20.5. The van der Waals surface area contributed by atoms with Gasteiger partial charge in [-0.25, -0.2) is 4.98 Å². The maximum absolute atomic E-state index is 13.4. The van der Waals surface area contributed by atoms with Crippen molar-refractivity contribution in [3.8, 4) is 5.69 Å². The highest BCUT2D eigenvalue weighted by molar-refractivity contribution is 7.99. The zero-order valence-electron chi connectivity index (χ0n) is 16.4. The van der Waals surface area contributed by atoms with Crippen LogP contribution >= 0.6 is 23.4 Å². The Hall–Kier alpha value is -2.31. The molecule has 29 heavy (non-hydrogen) atoms. The van der Waals surface area contributed by atoms with Crippen molar-refractivity contribution in [1.29, 1.82) is 0 Å². The molecule has 0 unspecified atom stereocenters. The summed E-state index contributed by atoms with van der Waals surface area (Å²) in [6.45, 7) is 5.63. The van der Waals surface area contributed by atoms with Gasteiger partial charge in [0.1, 0.15) is 0 Å². The third-order valence-corrected chi connectivity index (χ3v) is 6.56. The number of thioether (sulfide) groups is 1. The Morgan fingerprint density at radius 2 is 1.93 bits per heavy atom. The smallest absolute Gasteiger partial charge is 0.266 e. The fraction of sp³-hybridized carbons (Fsp3) is 0.318. The molecule has 7 heteroatoms. The lowest BCUT2D eigenvalue weighted by Crippen LogP contribution is -2.30. The Bertz CT molecular complexity index is 1150. The first-order chi connectivity index (χ1) is 14.0. The molecule has 1 saturated heterocycles. The second-order valence-corrected chi connectivity index (χ2v) is 8.67. The summed E-state index contributed by atoms with van der Waals surface area (Å²) in [4.78, 5) is 32.5. The quantitative estimate of drug-likeness (QED) is 0.458. The summed E-state index contributed by atoms with van der Waals surface area (Å²) in [5.41, 5.74) is 3.28. The summed E-state index contributed by atoms with van der Waals surface area (Å²) >= 11 is 7.43. The van der Waals surface area contributed by atoms with Gasteiger partial charge < -0.3 is 4.90 Å². The van der Waals surface area contributed by atoms with Crippen LogP contribution in [-0.4, -0.2) is 39.2 Å². The molecule has 1 amide bonds. The van der Waals surface area contributed by atoms with E-state index in [4.69, 9.17) is 16.6 Å². The van der Waals surface area contributed by atoms with Crippen LogP contribution in [0.5, 0.6) is 0 Å². The molecule has 0 saturated carbocycles. The maximum atomic E-state index is 13.4. The Morgan fingerprint density at radius 3 is 2.69 bits per heavy atom. The van der Waals surface area contributed by atoms with Gasteiger partial charge in [0.2, 0.25) is 5.91 Å². The number of benzene rings is 2. The minimum atomic E-state index is -0.156. The van der Waals surface area contributed by atoms with Crippen LogP contribution in [0.25, 0.3) is 16.6 Å². The van der Waals surface area contributed by atoms with Crippen LogP contribution in [0.1, 0.15) is 24.0 Å². The number of carbonyl (C=O) groups excluding carboxylic acids is 1. The monoisotopic (exact) mass is 427 g/mol. The van der Waals surface area contributed by atoms with Crippen molar-refractivity contribution in [1.82, 2.24) is 14.5 Å². The van der Waals surface area contributed by atoms with Gasteiger partial charge in [-0.1, -0.05) is 35.5 Å². The lowest BCUT2D eigenvalue weighted by Gasteiger charge is -2.18. The topological polar surface area (TPSA) is 55.2 Å². The van der Waals surface area contributed by atoms with Gasteiger partial charge in [-0.05, 0) is 62.1 Å². The van der Waals surface area contributed by atoms with Crippen molar-refractivity contribution in [2.75, 3.05) is 18.8 Å². The standard InChI is InChI=1S/C22H22ClN3O2S/c1-14-6-5-7-19(15(14)2)26-21(28)17-9-8-16(23)12-18(17)24-22(26)29-13-20(27)25-10-3-4-11-25/h5-9,12H,3-4,10-11,13H2,1-2H3. The van der Waals surface area contributed by atoms with Gasteiger partial charge >= 0.3 is 0 Å². The van der Waals surface area contributed by atoms with E-state index in [1.54, 1.807) is 22.8 Å². The zero-order valence-corrected chi connectivity index (χ0v) is 18.0. The van der Waals surface area contributed by atoms with E-state index >= 15 is 0 Å². The number of amides is 1. The van der Waals surface area contributed by atoms with E-state index < -0.39 is 0 Å². The molecule has 3 aromatic rings. The SMILES string of the molecule is Cc1cccc(-n2c(SCC(=O)N3CCCC3)nc3cc(Cl)ccc3c2=O)c1C. The third-order valence-electron chi connectivity index (χ3n) is 5.40. The summed E-state index contributed by atoms with van der Waals surface area (Å²) in [6, 6.07) is 11.0. The second kappa shape index (κ2) is 8.20. The first-order valence-corrected chi connectivity index (χ1v) is 11.0. The highest BCUT2D eigenvalue weighted by Crippen LogP contribution is 2.26.